The van der Waals surface area contributed by atoms with Crippen molar-refractivity contribution in [2.24, 2.45) is 15.6 Å². The third kappa shape index (κ3) is 4.42. The van der Waals surface area contributed by atoms with Gasteiger partial charge in [0.15, 0.2) is 5.17 Å². The van der Waals surface area contributed by atoms with Gasteiger partial charge in [0.1, 0.15) is 5.25 Å². The van der Waals surface area contributed by atoms with Crippen LogP contribution in [0.1, 0.15) is 40.0 Å². The molecule has 21 heavy (non-hydrogen) atoms. The minimum atomic E-state index is -0.997. The van der Waals surface area contributed by atoms with Crippen molar-refractivity contribution >= 4 is 34.5 Å². The Morgan fingerprint density at radius 3 is 2.81 bits per heavy atom. The number of carboxylic acid groups (broad SMARTS) is 1. The van der Waals surface area contributed by atoms with Crippen molar-refractivity contribution in [1.29, 1.82) is 0 Å². The summed E-state index contributed by atoms with van der Waals surface area (Å²) in [5, 5.41) is 19.3. The van der Waals surface area contributed by atoms with E-state index in [0.29, 0.717) is 5.17 Å². The molecule has 1 fully saturated rings. The first kappa shape index (κ1) is 15.8. The summed E-state index contributed by atoms with van der Waals surface area (Å²) in [5.41, 5.74) is 2.31. The van der Waals surface area contributed by atoms with Crippen molar-refractivity contribution in [3.63, 3.8) is 0 Å². The van der Waals surface area contributed by atoms with Gasteiger partial charge in [0, 0.05) is 0 Å². The Morgan fingerprint density at radius 1 is 1.48 bits per heavy atom. The molecule has 1 atom stereocenters. The fraction of sp³-hybridized carbons (Fsp3) is 0.571. The topological polar surface area (TPSA) is 91.1 Å². The maximum absolute atomic E-state index is 11.6. The molecular weight excluding hydrogens is 290 g/mol. The van der Waals surface area contributed by atoms with Crippen molar-refractivity contribution in [3.05, 3.63) is 11.6 Å². The standard InChI is InChI=1S/C14H19N3O3S/c1-8-4-9(7-14(2,3)6-8)16-17-13-15-12(20)10(21-13)5-11(18)19/h4,10H,5-7H2,1-3H3,(H,18,19)(H,15,17,20). The number of thioether (sulfide) groups is 1. The molecule has 2 N–H and O–H groups in total. The summed E-state index contributed by atoms with van der Waals surface area (Å²) in [4.78, 5) is 22.2. The van der Waals surface area contributed by atoms with Crippen LogP contribution in [0.5, 0.6) is 0 Å². The Hall–Kier alpha value is -1.63. The third-order valence-corrected chi connectivity index (χ3v) is 4.31. The van der Waals surface area contributed by atoms with Crippen LogP contribution < -0.4 is 5.32 Å². The normalized spacial score (nSPS) is 28.6. The second kappa shape index (κ2) is 6.01. The average Bonchev–Trinajstić information content (AvgIpc) is 2.64. The van der Waals surface area contributed by atoms with Crippen LogP contribution in [0.2, 0.25) is 0 Å². The molecule has 0 bridgehead atoms. The highest BCUT2D eigenvalue weighted by atomic mass is 32.2. The molecular formula is C14H19N3O3S. The van der Waals surface area contributed by atoms with E-state index >= 15 is 0 Å². The van der Waals surface area contributed by atoms with Crippen LogP contribution in [0.15, 0.2) is 21.9 Å². The first-order valence-corrected chi connectivity index (χ1v) is 7.64. The Bertz CT molecular complexity index is 564. The zero-order valence-electron chi connectivity index (χ0n) is 12.3. The summed E-state index contributed by atoms with van der Waals surface area (Å²) in [6, 6.07) is 0. The zero-order chi connectivity index (χ0) is 15.6. The predicted molar refractivity (Wildman–Crippen MR) is 83.4 cm³/mol. The monoisotopic (exact) mass is 309 g/mol. The molecule has 0 saturated carbocycles. The van der Waals surface area contributed by atoms with E-state index in [4.69, 9.17) is 5.11 Å². The molecule has 0 spiro atoms. The number of nitrogens with zero attached hydrogens (tertiary/aromatic N) is 2. The van der Waals surface area contributed by atoms with Crippen LogP contribution in [0.4, 0.5) is 0 Å². The lowest BCUT2D eigenvalue weighted by Crippen LogP contribution is -2.26. The first-order chi connectivity index (χ1) is 9.75. The molecule has 0 aromatic carbocycles. The number of allylic oxidation sites excluding steroid dienone is 2. The van der Waals surface area contributed by atoms with Gasteiger partial charge >= 0.3 is 5.97 Å². The summed E-state index contributed by atoms with van der Waals surface area (Å²) in [7, 11) is 0. The molecule has 2 aliphatic rings. The molecule has 6 nitrogen and oxygen atoms in total. The highest BCUT2D eigenvalue weighted by Gasteiger charge is 2.32. The van der Waals surface area contributed by atoms with Crippen LogP contribution in [-0.4, -0.2) is 33.1 Å². The second-order valence-electron chi connectivity index (χ2n) is 6.20. The van der Waals surface area contributed by atoms with E-state index in [1.54, 1.807) is 0 Å². The van der Waals surface area contributed by atoms with Crippen molar-refractivity contribution in [1.82, 2.24) is 5.32 Å². The van der Waals surface area contributed by atoms with Crippen molar-refractivity contribution < 1.29 is 14.7 Å². The van der Waals surface area contributed by atoms with E-state index in [9.17, 15) is 9.59 Å². The molecule has 2 rings (SSSR count). The van der Waals surface area contributed by atoms with E-state index in [1.807, 2.05) is 6.08 Å². The van der Waals surface area contributed by atoms with Gasteiger partial charge in [-0.2, -0.15) is 5.10 Å². The quantitative estimate of drug-likeness (QED) is 0.782. The Labute approximate surface area is 127 Å². The minimum Gasteiger partial charge on any atom is -0.481 e. The zero-order valence-corrected chi connectivity index (χ0v) is 13.2. The molecule has 1 heterocycles. The lowest BCUT2D eigenvalue weighted by Gasteiger charge is -2.28. The molecule has 1 amide bonds. The smallest absolute Gasteiger partial charge is 0.305 e. The van der Waals surface area contributed by atoms with Crippen LogP contribution >= 0.6 is 11.8 Å². The summed E-state index contributed by atoms with van der Waals surface area (Å²) in [5.74, 6) is -1.32. The number of carboxylic acids is 1. The van der Waals surface area contributed by atoms with Gasteiger partial charge in [0.05, 0.1) is 12.1 Å². The molecule has 0 aromatic heterocycles. The number of hydrogen-bond acceptors (Lipinski definition) is 5. The number of amides is 1. The maximum Gasteiger partial charge on any atom is 0.305 e. The van der Waals surface area contributed by atoms with Gasteiger partial charge < -0.3 is 10.4 Å². The molecule has 1 aliphatic heterocycles. The van der Waals surface area contributed by atoms with Gasteiger partial charge in [-0.15, -0.1) is 5.10 Å². The number of rotatable bonds is 3. The van der Waals surface area contributed by atoms with Gasteiger partial charge in [0.25, 0.3) is 0 Å². The van der Waals surface area contributed by atoms with Crippen molar-refractivity contribution in [2.45, 2.75) is 45.3 Å². The van der Waals surface area contributed by atoms with Gasteiger partial charge in [0.2, 0.25) is 5.91 Å². The highest BCUT2D eigenvalue weighted by molar-refractivity contribution is 8.15. The molecule has 0 radical (unpaired) electrons. The predicted octanol–water partition coefficient (Wildman–Crippen LogP) is 2.17. The molecule has 1 aliphatic carbocycles. The van der Waals surface area contributed by atoms with Crippen LogP contribution in [0, 0.1) is 5.41 Å². The van der Waals surface area contributed by atoms with Crippen LogP contribution in [0.3, 0.4) is 0 Å². The number of carbonyl (C=O) groups excluding carboxylic acids is 1. The minimum absolute atomic E-state index is 0.162. The fourth-order valence-corrected chi connectivity index (χ4v) is 3.52. The molecule has 1 unspecified atom stereocenters. The van der Waals surface area contributed by atoms with Gasteiger partial charge in [-0.1, -0.05) is 31.2 Å². The SMILES string of the molecule is CC1=CC(=N/N=C2\NC(=O)C(CC(=O)O)S2)CC(C)(C)C1. The largest absolute Gasteiger partial charge is 0.481 e. The third-order valence-electron chi connectivity index (χ3n) is 3.24. The first-order valence-electron chi connectivity index (χ1n) is 6.76. The summed E-state index contributed by atoms with van der Waals surface area (Å²) >= 11 is 1.12. The highest BCUT2D eigenvalue weighted by Crippen LogP contribution is 2.33. The lowest BCUT2D eigenvalue weighted by atomic mass is 9.77. The molecule has 114 valence electrons. The number of hydrogen-bond donors (Lipinski definition) is 2. The van der Waals surface area contributed by atoms with E-state index in [2.05, 4.69) is 36.3 Å². The van der Waals surface area contributed by atoms with E-state index in [1.165, 1.54) is 5.57 Å². The summed E-state index contributed by atoms with van der Waals surface area (Å²) < 4.78 is 0. The van der Waals surface area contributed by atoms with Gasteiger partial charge in [-0.25, -0.2) is 0 Å². The Balaban J connectivity index is 2.08. The molecule has 0 aromatic rings. The molecule has 1 saturated heterocycles. The van der Waals surface area contributed by atoms with E-state index in [-0.39, 0.29) is 17.7 Å². The maximum atomic E-state index is 11.6. The number of carbonyl (C=O) groups is 2. The molecule has 7 heteroatoms. The van der Waals surface area contributed by atoms with E-state index < -0.39 is 11.2 Å². The summed E-state index contributed by atoms with van der Waals surface area (Å²) in [6.45, 7) is 6.43. The van der Waals surface area contributed by atoms with Gasteiger partial charge in [-0.3, -0.25) is 9.59 Å². The summed E-state index contributed by atoms with van der Waals surface area (Å²) in [6.07, 6.45) is 3.68. The van der Waals surface area contributed by atoms with Crippen molar-refractivity contribution in [3.8, 4) is 0 Å². The second-order valence-corrected chi connectivity index (χ2v) is 7.39. The fourth-order valence-electron chi connectivity index (χ4n) is 2.61. The van der Waals surface area contributed by atoms with Crippen molar-refractivity contribution in [2.75, 3.05) is 0 Å². The number of amidine groups is 1. The number of aliphatic carboxylic acids is 1. The number of nitrogens with one attached hydrogen (secondary N) is 1. The van der Waals surface area contributed by atoms with Crippen LogP contribution in [-0.2, 0) is 9.59 Å². The Kier molecular flexibility index (Phi) is 4.51. The Morgan fingerprint density at radius 2 is 2.19 bits per heavy atom. The van der Waals surface area contributed by atoms with Gasteiger partial charge in [-0.05, 0) is 31.3 Å². The van der Waals surface area contributed by atoms with Crippen LogP contribution in [0.25, 0.3) is 0 Å². The average molecular weight is 309 g/mol. The lowest BCUT2D eigenvalue weighted by molar-refractivity contribution is -0.138. The van der Waals surface area contributed by atoms with E-state index in [0.717, 1.165) is 30.3 Å².